The second-order valence-corrected chi connectivity index (χ2v) is 6.87. The minimum absolute atomic E-state index is 0.104. The second-order valence-electron chi connectivity index (χ2n) is 6.87. The Morgan fingerprint density at radius 1 is 1.08 bits per heavy atom. The summed E-state index contributed by atoms with van der Waals surface area (Å²) in [6.45, 7) is 0. The molecule has 5 rings (SSSR count). The zero-order chi connectivity index (χ0) is 17.0. The number of pyridine rings is 2. The summed E-state index contributed by atoms with van der Waals surface area (Å²) in [5.41, 5.74) is 1.65. The number of benzene rings is 1. The van der Waals surface area contributed by atoms with E-state index < -0.39 is 0 Å². The first-order valence-electron chi connectivity index (χ1n) is 8.67. The van der Waals surface area contributed by atoms with Gasteiger partial charge in [-0.15, -0.1) is 0 Å². The molecule has 0 spiro atoms. The fourth-order valence-electron chi connectivity index (χ4n) is 4.08. The molecule has 0 unspecified atom stereocenters. The van der Waals surface area contributed by atoms with Crippen molar-refractivity contribution in [2.75, 3.05) is 0 Å². The van der Waals surface area contributed by atoms with Crippen LogP contribution >= 0.6 is 0 Å². The summed E-state index contributed by atoms with van der Waals surface area (Å²) < 4.78 is 0. The minimum Gasteiger partial charge on any atom is -0.393 e. The molecule has 1 aliphatic carbocycles. The molecule has 0 saturated heterocycles. The lowest BCUT2D eigenvalue weighted by atomic mass is 9.87. The first-order chi connectivity index (χ1) is 12.2. The number of rotatable bonds is 1. The van der Waals surface area contributed by atoms with E-state index in [0.29, 0.717) is 11.3 Å². The van der Waals surface area contributed by atoms with Gasteiger partial charge in [-0.1, -0.05) is 0 Å². The zero-order valence-corrected chi connectivity index (χ0v) is 13.6. The van der Waals surface area contributed by atoms with Gasteiger partial charge in [0.05, 0.1) is 22.5 Å². The lowest BCUT2D eigenvalue weighted by Gasteiger charge is -2.23. The highest BCUT2D eigenvalue weighted by Crippen LogP contribution is 2.36. The summed E-state index contributed by atoms with van der Waals surface area (Å²) in [5, 5.41) is 13.1. The van der Waals surface area contributed by atoms with Crippen molar-refractivity contribution in [1.29, 1.82) is 0 Å². The maximum Gasteiger partial charge on any atom is 0.256 e. The Bertz CT molecular complexity index is 1150. The molecule has 0 aliphatic heterocycles. The topological polar surface area (TPSA) is 94.7 Å². The van der Waals surface area contributed by atoms with E-state index in [2.05, 4.69) is 15.0 Å². The normalized spacial score (nSPS) is 21.3. The fourth-order valence-corrected chi connectivity index (χ4v) is 4.08. The molecule has 6 heteroatoms. The lowest BCUT2D eigenvalue weighted by molar-refractivity contribution is 0.121. The van der Waals surface area contributed by atoms with Gasteiger partial charge in [0.2, 0.25) is 0 Å². The second kappa shape index (κ2) is 5.39. The predicted molar refractivity (Wildman–Crippen MR) is 96.7 cm³/mol. The molecule has 1 aliphatic rings. The average Bonchev–Trinajstić information content (AvgIpc) is 3.08. The highest BCUT2D eigenvalue weighted by Gasteiger charge is 2.24. The maximum absolute atomic E-state index is 12.4. The van der Waals surface area contributed by atoms with Crippen molar-refractivity contribution < 1.29 is 5.11 Å². The Kier molecular flexibility index (Phi) is 3.15. The molecule has 126 valence electrons. The van der Waals surface area contributed by atoms with Crippen LogP contribution in [0.25, 0.3) is 32.6 Å². The maximum atomic E-state index is 12.4. The van der Waals surface area contributed by atoms with Gasteiger partial charge < -0.3 is 15.1 Å². The molecule has 6 nitrogen and oxygen atoms in total. The summed E-state index contributed by atoms with van der Waals surface area (Å²) in [5.74, 6) is 1.26. The van der Waals surface area contributed by atoms with Crippen molar-refractivity contribution in [3.8, 4) is 0 Å². The highest BCUT2D eigenvalue weighted by molar-refractivity contribution is 6.22. The van der Waals surface area contributed by atoms with Gasteiger partial charge in [0.1, 0.15) is 5.82 Å². The van der Waals surface area contributed by atoms with E-state index in [1.165, 1.54) is 0 Å². The molecule has 1 aromatic carbocycles. The minimum atomic E-state index is -0.190. The highest BCUT2D eigenvalue weighted by atomic mass is 16.3. The first-order valence-corrected chi connectivity index (χ1v) is 8.67. The Hall–Kier alpha value is -2.73. The van der Waals surface area contributed by atoms with Gasteiger partial charge in [-0.25, -0.2) is 4.98 Å². The number of H-pyrrole nitrogens is 2. The molecular formula is C19H18N4O2. The van der Waals surface area contributed by atoms with Gasteiger partial charge >= 0.3 is 0 Å². The first kappa shape index (κ1) is 14.6. The van der Waals surface area contributed by atoms with Crippen LogP contribution in [0.5, 0.6) is 0 Å². The number of fused-ring (bicyclic) bond motifs is 6. The molecule has 3 aromatic heterocycles. The van der Waals surface area contributed by atoms with Crippen LogP contribution in [0.4, 0.5) is 0 Å². The van der Waals surface area contributed by atoms with E-state index in [0.717, 1.165) is 58.7 Å². The SMILES string of the molecule is O=c1[nH]ccc2c3[nH]c([C@H]4CC[C@H](O)CC4)nc3c3cnccc3c12. The summed E-state index contributed by atoms with van der Waals surface area (Å²) in [6.07, 6.45) is 8.44. The lowest BCUT2D eigenvalue weighted by Crippen LogP contribution is -2.17. The number of hydrogen-bond acceptors (Lipinski definition) is 4. The van der Waals surface area contributed by atoms with Crippen LogP contribution in [-0.4, -0.2) is 31.1 Å². The molecule has 4 aromatic rings. The Labute approximate surface area is 142 Å². The summed E-state index contributed by atoms with van der Waals surface area (Å²) in [7, 11) is 0. The van der Waals surface area contributed by atoms with E-state index in [1.54, 1.807) is 18.6 Å². The van der Waals surface area contributed by atoms with Gasteiger partial charge in [0, 0.05) is 40.7 Å². The van der Waals surface area contributed by atoms with Crippen molar-refractivity contribution in [1.82, 2.24) is 19.9 Å². The Balaban J connectivity index is 1.83. The van der Waals surface area contributed by atoms with Gasteiger partial charge in [-0.2, -0.15) is 0 Å². The summed E-state index contributed by atoms with van der Waals surface area (Å²) in [6, 6.07) is 3.79. The summed E-state index contributed by atoms with van der Waals surface area (Å²) in [4.78, 5) is 27.8. The third kappa shape index (κ3) is 2.17. The zero-order valence-electron chi connectivity index (χ0n) is 13.6. The quantitative estimate of drug-likeness (QED) is 0.466. The van der Waals surface area contributed by atoms with Crippen LogP contribution in [0.3, 0.4) is 0 Å². The smallest absolute Gasteiger partial charge is 0.256 e. The van der Waals surface area contributed by atoms with Crippen molar-refractivity contribution in [3.05, 3.63) is 46.9 Å². The van der Waals surface area contributed by atoms with Crippen molar-refractivity contribution in [2.24, 2.45) is 0 Å². The number of aliphatic hydroxyl groups excluding tert-OH is 1. The molecular weight excluding hydrogens is 316 g/mol. The van der Waals surface area contributed by atoms with Gasteiger partial charge in [0.15, 0.2) is 0 Å². The van der Waals surface area contributed by atoms with E-state index >= 15 is 0 Å². The molecule has 3 N–H and O–H groups in total. The van der Waals surface area contributed by atoms with E-state index in [-0.39, 0.29) is 11.7 Å². The Morgan fingerprint density at radius 3 is 2.76 bits per heavy atom. The van der Waals surface area contributed by atoms with E-state index in [4.69, 9.17) is 4.98 Å². The monoisotopic (exact) mass is 334 g/mol. The summed E-state index contributed by atoms with van der Waals surface area (Å²) >= 11 is 0. The molecule has 1 saturated carbocycles. The van der Waals surface area contributed by atoms with E-state index in [1.807, 2.05) is 12.1 Å². The molecule has 0 bridgehead atoms. The molecule has 25 heavy (non-hydrogen) atoms. The molecule has 1 fully saturated rings. The number of nitrogens with one attached hydrogen (secondary N) is 2. The largest absolute Gasteiger partial charge is 0.393 e. The third-order valence-corrected chi connectivity index (χ3v) is 5.38. The fraction of sp³-hybridized carbons (Fsp3) is 0.316. The number of aromatic nitrogens is 4. The van der Waals surface area contributed by atoms with Crippen LogP contribution in [-0.2, 0) is 0 Å². The molecule has 0 radical (unpaired) electrons. The van der Waals surface area contributed by atoms with Crippen LogP contribution in [0.15, 0.2) is 35.5 Å². The number of hydrogen-bond donors (Lipinski definition) is 3. The van der Waals surface area contributed by atoms with Crippen LogP contribution < -0.4 is 5.56 Å². The Morgan fingerprint density at radius 2 is 1.92 bits per heavy atom. The van der Waals surface area contributed by atoms with Crippen LogP contribution in [0.2, 0.25) is 0 Å². The predicted octanol–water partition coefficient (Wildman–Crippen LogP) is 2.97. The van der Waals surface area contributed by atoms with Gasteiger partial charge in [-0.05, 0) is 37.8 Å². The molecule has 0 atom stereocenters. The number of aromatic amines is 2. The molecule has 3 heterocycles. The van der Waals surface area contributed by atoms with Gasteiger partial charge in [0.25, 0.3) is 5.56 Å². The van der Waals surface area contributed by atoms with Crippen LogP contribution in [0, 0.1) is 0 Å². The van der Waals surface area contributed by atoms with Crippen molar-refractivity contribution >= 4 is 32.6 Å². The third-order valence-electron chi connectivity index (χ3n) is 5.38. The van der Waals surface area contributed by atoms with Crippen molar-refractivity contribution in [3.63, 3.8) is 0 Å². The number of aliphatic hydroxyl groups is 1. The van der Waals surface area contributed by atoms with E-state index in [9.17, 15) is 9.90 Å². The number of nitrogens with zero attached hydrogens (tertiary/aromatic N) is 2. The van der Waals surface area contributed by atoms with Crippen molar-refractivity contribution in [2.45, 2.75) is 37.7 Å². The number of imidazole rings is 1. The average molecular weight is 334 g/mol. The van der Waals surface area contributed by atoms with Crippen LogP contribution in [0.1, 0.15) is 37.4 Å². The standard InChI is InChI=1S/C19H18N4O2/c24-11-3-1-10(2-4-11)18-22-16-13-6-8-21-19(25)15(13)12-5-7-20-9-14(12)17(16)23-18/h5-11,24H,1-4H2,(H,21,25)(H,22,23)/t10-,11-. The molecule has 0 amide bonds. The van der Waals surface area contributed by atoms with Gasteiger partial charge in [-0.3, -0.25) is 9.78 Å².